The summed E-state index contributed by atoms with van der Waals surface area (Å²) >= 11 is 6.13. The van der Waals surface area contributed by atoms with Gasteiger partial charge in [0.15, 0.2) is 5.82 Å². The molecule has 0 saturated carbocycles. The molecule has 1 amide bonds. The number of nitrogens with zero attached hydrogens (tertiary/aromatic N) is 5. The van der Waals surface area contributed by atoms with E-state index < -0.39 is 5.82 Å². The summed E-state index contributed by atoms with van der Waals surface area (Å²) in [6.45, 7) is 6.68. The lowest BCUT2D eigenvalue weighted by atomic mass is 9.98. The number of piperidine rings is 1. The van der Waals surface area contributed by atoms with Gasteiger partial charge in [0.25, 0.3) is 5.91 Å². The fourth-order valence-corrected chi connectivity index (χ4v) is 5.46. The van der Waals surface area contributed by atoms with Gasteiger partial charge in [-0.1, -0.05) is 24.6 Å². The first-order valence-electron chi connectivity index (χ1n) is 11.8. The third-order valence-electron chi connectivity index (χ3n) is 7.32. The molecule has 0 bridgehead atoms. The van der Waals surface area contributed by atoms with Gasteiger partial charge in [-0.05, 0) is 44.7 Å². The number of hydrogen-bond donors (Lipinski definition) is 1. The number of carbonyl (C=O) groups is 1. The van der Waals surface area contributed by atoms with Crippen molar-refractivity contribution >= 4 is 29.2 Å². The summed E-state index contributed by atoms with van der Waals surface area (Å²) in [5, 5.41) is 4.79. The number of amides is 1. The molecule has 3 aliphatic rings. The van der Waals surface area contributed by atoms with Crippen LogP contribution in [0.15, 0.2) is 29.3 Å². The van der Waals surface area contributed by atoms with Crippen molar-refractivity contribution in [3.63, 3.8) is 0 Å². The van der Waals surface area contributed by atoms with E-state index in [0.717, 1.165) is 56.1 Å². The van der Waals surface area contributed by atoms with E-state index >= 15 is 0 Å². The Morgan fingerprint density at radius 1 is 1.21 bits per heavy atom. The highest BCUT2D eigenvalue weighted by molar-refractivity contribution is 6.34. The number of hydrogen-bond acceptors (Lipinski definition) is 5. The molecule has 33 heavy (non-hydrogen) atoms. The van der Waals surface area contributed by atoms with Gasteiger partial charge in [-0.25, -0.2) is 14.1 Å². The minimum absolute atomic E-state index is 0.128. The third-order valence-corrected chi connectivity index (χ3v) is 7.70. The van der Waals surface area contributed by atoms with Crippen molar-refractivity contribution < 1.29 is 9.18 Å². The zero-order valence-corrected chi connectivity index (χ0v) is 19.8. The molecule has 3 aliphatic heterocycles. The summed E-state index contributed by atoms with van der Waals surface area (Å²) < 4.78 is 16.0. The first-order valence-corrected chi connectivity index (χ1v) is 12.2. The third kappa shape index (κ3) is 3.93. The Balaban J connectivity index is 1.47. The number of fused-ring (bicyclic) bond motifs is 1. The van der Waals surface area contributed by atoms with Crippen LogP contribution in [0, 0.1) is 11.7 Å². The lowest BCUT2D eigenvalue weighted by molar-refractivity contribution is 0.0604. The highest BCUT2D eigenvalue weighted by atomic mass is 35.5. The quantitative estimate of drug-likeness (QED) is 0.706. The molecule has 0 aliphatic carbocycles. The van der Waals surface area contributed by atoms with Gasteiger partial charge in [-0.2, -0.15) is 5.10 Å². The van der Waals surface area contributed by atoms with Gasteiger partial charge in [0.2, 0.25) is 0 Å². The second-order valence-electron chi connectivity index (χ2n) is 9.48. The molecule has 2 aromatic rings. The van der Waals surface area contributed by atoms with Crippen LogP contribution >= 0.6 is 11.6 Å². The van der Waals surface area contributed by atoms with Crippen LogP contribution < -0.4 is 5.73 Å². The van der Waals surface area contributed by atoms with Crippen LogP contribution in [0.3, 0.4) is 0 Å². The molecule has 4 atom stereocenters. The molecule has 2 unspecified atom stereocenters. The van der Waals surface area contributed by atoms with Crippen molar-refractivity contribution in [1.29, 1.82) is 0 Å². The maximum absolute atomic E-state index is 14.0. The van der Waals surface area contributed by atoms with Crippen LogP contribution in [0.4, 0.5) is 10.2 Å². The topological polar surface area (TPSA) is 79.8 Å². The maximum Gasteiger partial charge on any atom is 0.256 e. The number of aliphatic imine (C=N–C) groups is 1. The Morgan fingerprint density at radius 3 is 2.79 bits per heavy atom. The highest BCUT2D eigenvalue weighted by Crippen LogP contribution is 2.38. The zero-order chi connectivity index (χ0) is 23.3. The summed E-state index contributed by atoms with van der Waals surface area (Å²) in [6.07, 6.45) is 3.68. The molecule has 2 saturated heterocycles. The number of aromatic nitrogens is 2. The Labute approximate surface area is 198 Å². The molecule has 7 nitrogen and oxygen atoms in total. The maximum atomic E-state index is 14.0. The standard InChI is InChI=1S/C24H30ClFN6O/c1-14-15(2)32-21(28-23(14)30-11-9-16(27)13-30)12-19(29-32)20-8-3-4-10-31(20)24(33)17-6-5-7-18(26)22(17)25/h5-7,12,14-16,20H,3-4,8-11,13,27H2,1-2H3/t14?,15?,16-,20-/m0/s1. The molecule has 1 aromatic carbocycles. The molecule has 5 rings (SSSR count). The number of benzene rings is 1. The highest BCUT2D eigenvalue weighted by Gasteiger charge is 2.36. The number of halogens is 2. The molecule has 2 N–H and O–H groups in total. The van der Waals surface area contributed by atoms with E-state index in [4.69, 9.17) is 27.4 Å². The Morgan fingerprint density at radius 2 is 2.03 bits per heavy atom. The first-order chi connectivity index (χ1) is 15.8. The van der Waals surface area contributed by atoms with Gasteiger partial charge < -0.3 is 15.5 Å². The van der Waals surface area contributed by atoms with Crippen LogP contribution in [0.1, 0.15) is 67.7 Å². The molecule has 176 valence electrons. The Hall–Kier alpha value is -2.45. The first kappa shape index (κ1) is 22.3. The minimum atomic E-state index is -0.583. The molecular weight excluding hydrogens is 443 g/mol. The summed E-state index contributed by atoms with van der Waals surface area (Å²) in [4.78, 5) is 22.4. The summed E-state index contributed by atoms with van der Waals surface area (Å²) in [7, 11) is 0. The van der Waals surface area contributed by atoms with Crippen LogP contribution in [0.2, 0.25) is 5.02 Å². The fraction of sp³-hybridized carbons (Fsp3) is 0.542. The van der Waals surface area contributed by atoms with E-state index in [1.165, 1.54) is 12.1 Å². The molecule has 4 heterocycles. The normalized spacial score (nSPS) is 27.5. The van der Waals surface area contributed by atoms with Crippen LogP contribution in [0.5, 0.6) is 0 Å². The van der Waals surface area contributed by atoms with Crippen molar-refractivity contribution in [2.45, 2.75) is 57.7 Å². The van der Waals surface area contributed by atoms with E-state index in [0.29, 0.717) is 6.54 Å². The number of nitrogens with two attached hydrogens (primary N) is 1. The Bertz CT molecular complexity index is 1100. The monoisotopic (exact) mass is 472 g/mol. The van der Waals surface area contributed by atoms with Crippen molar-refractivity contribution in [2.24, 2.45) is 16.6 Å². The van der Waals surface area contributed by atoms with Crippen LogP contribution in [-0.2, 0) is 0 Å². The van der Waals surface area contributed by atoms with Crippen LogP contribution in [0.25, 0.3) is 0 Å². The SMILES string of the molecule is CC1C(N2CC[C@H](N)C2)=Nc2cc([C@@H]3CCCCN3C(=O)c3cccc(F)c3Cl)nn2C1C. The molecule has 0 radical (unpaired) electrons. The largest absolute Gasteiger partial charge is 0.358 e. The second-order valence-corrected chi connectivity index (χ2v) is 9.86. The molecule has 9 heteroatoms. The van der Waals surface area contributed by atoms with Crippen molar-refractivity contribution in [2.75, 3.05) is 19.6 Å². The van der Waals surface area contributed by atoms with Crippen molar-refractivity contribution in [1.82, 2.24) is 19.6 Å². The number of carbonyl (C=O) groups excluding carboxylic acids is 1. The summed E-state index contributed by atoms with van der Waals surface area (Å²) in [5.41, 5.74) is 7.16. The average molecular weight is 473 g/mol. The lowest BCUT2D eigenvalue weighted by Gasteiger charge is -2.35. The minimum Gasteiger partial charge on any atom is -0.358 e. The fourth-order valence-electron chi connectivity index (χ4n) is 5.26. The van der Waals surface area contributed by atoms with E-state index in [2.05, 4.69) is 18.7 Å². The van der Waals surface area contributed by atoms with E-state index in [-0.39, 0.29) is 40.5 Å². The Kier molecular flexibility index (Phi) is 5.91. The van der Waals surface area contributed by atoms with Crippen molar-refractivity contribution in [3.05, 3.63) is 46.4 Å². The second kappa shape index (κ2) is 8.72. The zero-order valence-electron chi connectivity index (χ0n) is 19.0. The van der Waals surface area contributed by atoms with Crippen LogP contribution in [-0.4, -0.2) is 57.0 Å². The predicted octanol–water partition coefficient (Wildman–Crippen LogP) is 4.32. The molecular formula is C24H30ClFN6O. The average Bonchev–Trinajstić information content (AvgIpc) is 3.44. The molecule has 2 fully saturated rings. The van der Waals surface area contributed by atoms with E-state index in [9.17, 15) is 9.18 Å². The number of amidine groups is 1. The van der Waals surface area contributed by atoms with Gasteiger partial charge in [0.1, 0.15) is 11.7 Å². The van der Waals surface area contributed by atoms with E-state index in [1.54, 1.807) is 11.0 Å². The number of rotatable bonds is 2. The number of likely N-dealkylation sites (tertiary alicyclic amines) is 2. The molecule has 1 aromatic heterocycles. The molecule has 0 spiro atoms. The van der Waals surface area contributed by atoms with Gasteiger partial charge in [0.05, 0.1) is 28.4 Å². The lowest BCUT2D eigenvalue weighted by Crippen LogP contribution is -2.40. The van der Waals surface area contributed by atoms with Gasteiger partial charge in [-0.3, -0.25) is 4.79 Å². The van der Waals surface area contributed by atoms with Gasteiger partial charge >= 0.3 is 0 Å². The summed E-state index contributed by atoms with van der Waals surface area (Å²) in [6, 6.07) is 6.51. The van der Waals surface area contributed by atoms with Gasteiger partial charge in [-0.15, -0.1) is 0 Å². The smallest absolute Gasteiger partial charge is 0.256 e. The van der Waals surface area contributed by atoms with E-state index in [1.807, 2.05) is 10.7 Å². The summed E-state index contributed by atoms with van der Waals surface area (Å²) in [5.74, 6) is 1.25. The predicted molar refractivity (Wildman–Crippen MR) is 126 cm³/mol. The van der Waals surface area contributed by atoms with Gasteiger partial charge in [0, 0.05) is 37.7 Å². The van der Waals surface area contributed by atoms with Crippen molar-refractivity contribution in [3.8, 4) is 0 Å².